The Morgan fingerprint density at radius 3 is 2.69 bits per heavy atom. The minimum absolute atomic E-state index is 0.0483. The maximum absolute atomic E-state index is 13.1. The van der Waals surface area contributed by atoms with E-state index < -0.39 is 0 Å². The summed E-state index contributed by atoms with van der Waals surface area (Å²) in [6.07, 6.45) is 1.60. The maximum atomic E-state index is 13.1. The van der Waals surface area contributed by atoms with Crippen LogP contribution in [0.1, 0.15) is 38.7 Å². The number of aromatic nitrogens is 3. The highest BCUT2D eigenvalue weighted by molar-refractivity contribution is 7.09. The molecule has 3 aromatic heterocycles. The zero-order valence-electron chi connectivity index (χ0n) is 18.6. The molecule has 0 aliphatic carbocycles. The Kier molecular flexibility index (Phi) is 6.55. The number of carbonyl (C=O) groups excluding carboxylic acids is 1. The average Bonchev–Trinajstić information content (AvgIpc) is 3.52. The summed E-state index contributed by atoms with van der Waals surface area (Å²) < 4.78 is 15.3. The van der Waals surface area contributed by atoms with Crippen LogP contribution < -0.4 is 0 Å². The highest BCUT2D eigenvalue weighted by Gasteiger charge is 2.19. The van der Waals surface area contributed by atoms with Crippen LogP contribution in [-0.4, -0.2) is 39.2 Å². The number of benzene rings is 1. The van der Waals surface area contributed by atoms with Crippen LogP contribution in [0.2, 0.25) is 0 Å². The van der Waals surface area contributed by atoms with E-state index in [-0.39, 0.29) is 11.7 Å². The summed E-state index contributed by atoms with van der Waals surface area (Å²) in [7, 11) is 1.85. The first kappa shape index (κ1) is 22.0. The Hall–Kier alpha value is -3.19. The fourth-order valence-electron chi connectivity index (χ4n) is 3.89. The van der Waals surface area contributed by atoms with Gasteiger partial charge >= 0.3 is 0 Å². The van der Waals surface area contributed by atoms with Crippen molar-refractivity contribution < 1.29 is 9.18 Å². The molecule has 7 heteroatoms. The number of aryl methyl sites for hydroxylation is 2. The molecule has 0 aliphatic heterocycles. The Bertz CT molecular complexity index is 1190. The maximum Gasteiger partial charge on any atom is 0.255 e. The van der Waals surface area contributed by atoms with Gasteiger partial charge in [0.15, 0.2) is 0 Å². The van der Waals surface area contributed by atoms with Crippen molar-refractivity contribution in [1.82, 2.24) is 19.7 Å². The lowest BCUT2D eigenvalue weighted by Crippen LogP contribution is -2.28. The summed E-state index contributed by atoms with van der Waals surface area (Å²) in [5.41, 5.74) is 5.53. The van der Waals surface area contributed by atoms with Gasteiger partial charge in [-0.1, -0.05) is 6.07 Å². The van der Waals surface area contributed by atoms with Gasteiger partial charge in [-0.3, -0.25) is 9.89 Å². The van der Waals surface area contributed by atoms with E-state index in [4.69, 9.17) is 0 Å². The molecule has 0 atom stereocenters. The van der Waals surface area contributed by atoms with Crippen molar-refractivity contribution in [3.8, 4) is 11.3 Å². The zero-order valence-corrected chi connectivity index (χ0v) is 19.4. The SMILES string of the molecule is Cc1cc(C(=O)N(C)CCCc2cc(-c3ccc(F)cc3)n[nH]2)c(C)n1Cc1cccs1. The zero-order chi connectivity index (χ0) is 22.7. The van der Waals surface area contributed by atoms with Crippen molar-refractivity contribution in [3.05, 3.63) is 87.3 Å². The number of hydrogen-bond acceptors (Lipinski definition) is 3. The van der Waals surface area contributed by atoms with E-state index in [9.17, 15) is 9.18 Å². The Morgan fingerprint density at radius 1 is 1.19 bits per heavy atom. The van der Waals surface area contributed by atoms with Gasteiger partial charge < -0.3 is 9.47 Å². The van der Waals surface area contributed by atoms with E-state index in [0.29, 0.717) is 6.54 Å². The summed E-state index contributed by atoms with van der Waals surface area (Å²) in [6.45, 7) is 5.51. The molecule has 0 radical (unpaired) electrons. The molecular weight excluding hydrogens is 423 g/mol. The van der Waals surface area contributed by atoms with Crippen molar-refractivity contribution >= 4 is 17.2 Å². The van der Waals surface area contributed by atoms with Crippen molar-refractivity contribution in [2.45, 2.75) is 33.2 Å². The standard InChI is InChI=1S/C25H27FN4OS/c1-17-14-23(18(2)30(17)16-22-7-5-13-32-22)25(31)29(3)12-4-6-21-15-24(28-27-21)19-8-10-20(26)11-9-19/h5,7-11,13-15H,4,6,12,16H2,1-3H3,(H,27,28). The van der Waals surface area contributed by atoms with Gasteiger partial charge in [0.2, 0.25) is 0 Å². The van der Waals surface area contributed by atoms with E-state index in [1.807, 2.05) is 33.0 Å². The van der Waals surface area contributed by atoms with Crippen molar-refractivity contribution in [2.24, 2.45) is 0 Å². The van der Waals surface area contributed by atoms with Crippen LogP contribution in [0.3, 0.4) is 0 Å². The van der Waals surface area contributed by atoms with Gasteiger partial charge in [0.05, 0.1) is 17.8 Å². The number of amides is 1. The minimum Gasteiger partial charge on any atom is -0.343 e. The fraction of sp³-hybridized carbons (Fsp3) is 0.280. The third-order valence-electron chi connectivity index (χ3n) is 5.76. The smallest absolute Gasteiger partial charge is 0.255 e. The topological polar surface area (TPSA) is 53.9 Å². The monoisotopic (exact) mass is 450 g/mol. The van der Waals surface area contributed by atoms with Crippen LogP contribution in [0, 0.1) is 19.7 Å². The lowest BCUT2D eigenvalue weighted by molar-refractivity contribution is 0.0792. The number of thiophene rings is 1. The molecule has 1 amide bonds. The van der Waals surface area contributed by atoms with Gasteiger partial charge in [0, 0.05) is 41.1 Å². The van der Waals surface area contributed by atoms with Crippen LogP contribution in [0.25, 0.3) is 11.3 Å². The molecule has 0 unspecified atom stereocenters. The molecule has 5 nitrogen and oxygen atoms in total. The van der Waals surface area contributed by atoms with Crippen LogP contribution >= 0.6 is 11.3 Å². The number of nitrogens with zero attached hydrogens (tertiary/aromatic N) is 3. The lowest BCUT2D eigenvalue weighted by Gasteiger charge is -2.17. The molecule has 0 bridgehead atoms. The number of H-pyrrole nitrogens is 1. The third-order valence-corrected chi connectivity index (χ3v) is 6.62. The highest BCUT2D eigenvalue weighted by Crippen LogP contribution is 2.21. The van der Waals surface area contributed by atoms with Crippen molar-refractivity contribution in [2.75, 3.05) is 13.6 Å². The number of rotatable bonds is 8. The van der Waals surface area contributed by atoms with Crippen molar-refractivity contribution in [3.63, 3.8) is 0 Å². The predicted octanol–water partition coefficient (Wildman–Crippen LogP) is 5.45. The first-order valence-electron chi connectivity index (χ1n) is 10.7. The third kappa shape index (κ3) is 4.83. The van der Waals surface area contributed by atoms with Gasteiger partial charge in [-0.05, 0) is 74.5 Å². The molecule has 0 fully saturated rings. The van der Waals surface area contributed by atoms with Gasteiger partial charge in [0.1, 0.15) is 5.82 Å². The number of hydrogen-bond donors (Lipinski definition) is 1. The van der Waals surface area contributed by atoms with E-state index in [1.54, 1.807) is 28.4 Å². The molecule has 4 rings (SSSR count). The van der Waals surface area contributed by atoms with Crippen LogP contribution in [0.15, 0.2) is 53.9 Å². The van der Waals surface area contributed by atoms with Crippen LogP contribution in [-0.2, 0) is 13.0 Å². The van der Waals surface area contributed by atoms with Gasteiger partial charge in [0.25, 0.3) is 5.91 Å². The predicted molar refractivity (Wildman–Crippen MR) is 127 cm³/mol. The lowest BCUT2D eigenvalue weighted by atomic mass is 10.1. The molecule has 1 aromatic carbocycles. The Balaban J connectivity index is 1.34. The number of halogens is 1. The molecule has 4 aromatic rings. The second kappa shape index (κ2) is 9.53. The number of nitrogens with one attached hydrogen (secondary N) is 1. The summed E-state index contributed by atoms with van der Waals surface area (Å²) in [4.78, 5) is 16.1. The number of carbonyl (C=O) groups is 1. The largest absolute Gasteiger partial charge is 0.343 e. The highest BCUT2D eigenvalue weighted by atomic mass is 32.1. The molecular formula is C25H27FN4OS. The summed E-state index contributed by atoms with van der Waals surface area (Å²) in [5, 5.41) is 9.44. The summed E-state index contributed by atoms with van der Waals surface area (Å²) in [6, 6.07) is 14.4. The molecule has 0 saturated carbocycles. The minimum atomic E-state index is -0.260. The van der Waals surface area contributed by atoms with Gasteiger partial charge in [-0.15, -0.1) is 11.3 Å². The average molecular weight is 451 g/mol. The quantitative estimate of drug-likeness (QED) is 0.388. The molecule has 3 heterocycles. The summed E-state index contributed by atoms with van der Waals surface area (Å²) >= 11 is 1.73. The van der Waals surface area contributed by atoms with Crippen molar-refractivity contribution in [1.29, 1.82) is 0 Å². The van der Waals surface area contributed by atoms with E-state index in [1.165, 1.54) is 17.0 Å². The summed E-state index contributed by atoms with van der Waals surface area (Å²) in [5.74, 6) is -0.211. The number of aromatic amines is 1. The first-order valence-corrected chi connectivity index (χ1v) is 11.5. The van der Waals surface area contributed by atoms with E-state index in [2.05, 4.69) is 32.3 Å². The van der Waals surface area contributed by atoms with Gasteiger partial charge in [-0.25, -0.2) is 4.39 Å². The normalized spacial score (nSPS) is 11.1. The van der Waals surface area contributed by atoms with Crippen LogP contribution in [0.5, 0.6) is 0 Å². The fourth-order valence-corrected chi connectivity index (χ4v) is 4.58. The van der Waals surface area contributed by atoms with Gasteiger partial charge in [-0.2, -0.15) is 5.10 Å². The van der Waals surface area contributed by atoms with E-state index >= 15 is 0 Å². The Labute approximate surface area is 191 Å². The molecule has 0 aliphatic rings. The second-order valence-corrected chi connectivity index (χ2v) is 9.10. The molecule has 166 valence electrons. The molecule has 32 heavy (non-hydrogen) atoms. The van der Waals surface area contributed by atoms with E-state index in [0.717, 1.165) is 53.3 Å². The molecule has 0 saturated heterocycles. The second-order valence-electron chi connectivity index (χ2n) is 8.07. The Morgan fingerprint density at radius 2 is 1.97 bits per heavy atom. The van der Waals surface area contributed by atoms with Crippen LogP contribution in [0.4, 0.5) is 4.39 Å². The first-order chi connectivity index (χ1) is 15.4. The molecule has 1 N–H and O–H groups in total. The molecule has 0 spiro atoms.